The van der Waals surface area contributed by atoms with E-state index < -0.39 is 11.8 Å². The minimum absolute atomic E-state index is 0.121. The number of aromatic carboxylic acids is 1. The first-order valence-electron chi connectivity index (χ1n) is 6.28. The Morgan fingerprint density at radius 1 is 1.15 bits per heavy atom. The Morgan fingerprint density at radius 2 is 1.80 bits per heavy atom. The van der Waals surface area contributed by atoms with E-state index in [0.29, 0.717) is 11.7 Å². The summed E-state index contributed by atoms with van der Waals surface area (Å²) in [6, 6.07) is 10.8. The summed E-state index contributed by atoms with van der Waals surface area (Å²) >= 11 is 0. The minimum Gasteiger partial charge on any atom is -0.478 e. The zero-order valence-corrected chi connectivity index (χ0v) is 11.3. The summed E-state index contributed by atoms with van der Waals surface area (Å²) in [4.78, 5) is 11.1. The summed E-state index contributed by atoms with van der Waals surface area (Å²) in [5.41, 5.74) is 0.966. The molecule has 0 saturated heterocycles. The molecule has 0 aliphatic carbocycles. The number of carbonyl (C=O) groups is 1. The zero-order chi connectivity index (χ0) is 14.7. The molecule has 0 unspecified atom stereocenters. The molecule has 0 spiro atoms. The summed E-state index contributed by atoms with van der Waals surface area (Å²) in [5, 5.41) is 9.04. The van der Waals surface area contributed by atoms with Gasteiger partial charge in [0.05, 0.1) is 0 Å². The van der Waals surface area contributed by atoms with Crippen LogP contribution in [0, 0.1) is 5.82 Å². The first-order chi connectivity index (χ1) is 9.47. The first kappa shape index (κ1) is 14.1. The molecule has 3 nitrogen and oxygen atoms in total. The molecule has 20 heavy (non-hydrogen) atoms. The third-order valence-corrected chi connectivity index (χ3v) is 2.95. The molecule has 0 aliphatic heterocycles. The van der Waals surface area contributed by atoms with Crippen LogP contribution in [0.1, 0.15) is 35.7 Å². The number of halogens is 1. The fourth-order valence-electron chi connectivity index (χ4n) is 1.81. The lowest BCUT2D eigenvalue weighted by Gasteiger charge is -2.10. The second-order valence-corrected chi connectivity index (χ2v) is 4.77. The van der Waals surface area contributed by atoms with Crippen LogP contribution < -0.4 is 4.74 Å². The predicted octanol–water partition coefficient (Wildman–Crippen LogP) is 4.44. The number of ether oxygens (including phenoxy) is 1. The van der Waals surface area contributed by atoms with Crippen LogP contribution in [-0.2, 0) is 0 Å². The van der Waals surface area contributed by atoms with Crippen molar-refractivity contribution in [3.8, 4) is 11.5 Å². The van der Waals surface area contributed by atoms with Crippen molar-refractivity contribution in [2.24, 2.45) is 0 Å². The summed E-state index contributed by atoms with van der Waals surface area (Å²) in [6.45, 7) is 4.16. The maximum Gasteiger partial charge on any atom is 0.339 e. The molecule has 0 aromatic heterocycles. The highest BCUT2D eigenvalue weighted by molar-refractivity contribution is 5.91. The fourth-order valence-corrected chi connectivity index (χ4v) is 1.81. The number of rotatable bonds is 4. The van der Waals surface area contributed by atoms with E-state index in [1.54, 1.807) is 12.1 Å². The average Bonchev–Trinajstić information content (AvgIpc) is 2.41. The van der Waals surface area contributed by atoms with E-state index in [9.17, 15) is 9.18 Å². The average molecular weight is 274 g/mol. The molecule has 0 bridgehead atoms. The fraction of sp³-hybridized carbons (Fsp3) is 0.188. The topological polar surface area (TPSA) is 46.5 Å². The van der Waals surface area contributed by atoms with Crippen molar-refractivity contribution in [3.05, 3.63) is 59.4 Å². The lowest BCUT2D eigenvalue weighted by molar-refractivity contribution is 0.0693. The number of carboxylic acids is 1. The third kappa shape index (κ3) is 3.15. The van der Waals surface area contributed by atoms with Crippen LogP contribution in [-0.4, -0.2) is 11.1 Å². The molecular weight excluding hydrogens is 259 g/mol. The van der Waals surface area contributed by atoms with Crippen LogP contribution in [0.3, 0.4) is 0 Å². The Balaban J connectivity index is 2.28. The molecule has 0 heterocycles. The predicted molar refractivity (Wildman–Crippen MR) is 74.0 cm³/mol. The molecule has 0 aliphatic rings. The Kier molecular flexibility index (Phi) is 4.03. The van der Waals surface area contributed by atoms with Gasteiger partial charge in [-0.15, -0.1) is 0 Å². The number of benzene rings is 2. The smallest absolute Gasteiger partial charge is 0.339 e. The van der Waals surface area contributed by atoms with Gasteiger partial charge in [0.1, 0.15) is 22.9 Å². The summed E-state index contributed by atoms with van der Waals surface area (Å²) in [5.74, 6) is -0.785. The highest BCUT2D eigenvalue weighted by atomic mass is 19.1. The van der Waals surface area contributed by atoms with Gasteiger partial charge >= 0.3 is 5.97 Å². The second kappa shape index (κ2) is 5.74. The molecule has 2 rings (SSSR count). The number of hydrogen-bond acceptors (Lipinski definition) is 2. The van der Waals surface area contributed by atoms with E-state index in [0.717, 1.165) is 11.6 Å². The van der Waals surface area contributed by atoms with Gasteiger partial charge in [0.25, 0.3) is 0 Å². The van der Waals surface area contributed by atoms with E-state index >= 15 is 0 Å². The summed E-state index contributed by atoms with van der Waals surface area (Å²) in [6.07, 6.45) is 0. The van der Waals surface area contributed by atoms with Crippen LogP contribution in [0.15, 0.2) is 42.5 Å². The molecule has 0 saturated carbocycles. The highest BCUT2D eigenvalue weighted by Gasteiger charge is 2.13. The molecule has 2 aromatic carbocycles. The van der Waals surface area contributed by atoms with Gasteiger partial charge in [-0.25, -0.2) is 9.18 Å². The van der Waals surface area contributed by atoms with Gasteiger partial charge in [0.15, 0.2) is 0 Å². The lowest BCUT2D eigenvalue weighted by Crippen LogP contribution is -2.01. The van der Waals surface area contributed by atoms with Crippen LogP contribution in [0.4, 0.5) is 4.39 Å². The monoisotopic (exact) mass is 274 g/mol. The molecule has 104 valence electrons. The van der Waals surface area contributed by atoms with Crippen LogP contribution in [0.25, 0.3) is 0 Å². The largest absolute Gasteiger partial charge is 0.478 e. The quantitative estimate of drug-likeness (QED) is 0.896. The molecule has 0 fully saturated rings. The van der Waals surface area contributed by atoms with Crippen molar-refractivity contribution in [1.29, 1.82) is 0 Å². The van der Waals surface area contributed by atoms with E-state index in [1.807, 2.05) is 12.1 Å². The van der Waals surface area contributed by atoms with E-state index in [-0.39, 0.29) is 11.3 Å². The third-order valence-electron chi connectivity index (χ3n) is 2.95. The van der Waals surface area contributed by atoms with Crippen molar-refractivity contribution < 1.29 is 19.0 Å². The number of carboxylic acid groups (broad SMARTS) is 1. The molecular formula is C16H15FO3. The Morgan fingerprint density at radius 3 is 2.35 bits per heavy atom. The molecule has 0 amide bonds. The second-order valence-electron chi connectivity index (χ2n) is 4.77. The van der Waals surface area contributed by atoms with Gasteiger partial charge in [0, 0.05) is 0 Å². The van der Waals surface area contributed by atoms with Gasteiger partial charge in [-0.1, -0.05) is 26.0 Å². The van der Waals surface area contributed by atoms with Crippen LogP contribution in [0.5, 0.6) is 11.5 Å². The van der Waals surface area contributed by atoms with Gasteiger partial charge < -0.3 is 9.84 Å². The maximum atomic E-state index is 13.1. The normalized spacial score (nSPS) is 10.6. The number of hydrogen-bond donors (Lipinski definition) is 1. The molecule has 0 atom stereocenters. The highest BCUT2D eigenvalue weighted by Crippen LogP contribution is 2.27. The van der Waals surface area contributed by atoms with Crippen molar-refractivity contribution >= 4 is 5.97 Å². The van der Waals surface area contributed by atoms with E-state index in [4.69, 9.17) is 9.84 Å². The van der Waals surface area contributed by atoms with E-state index in [2.05, 4.69) is 13.8 Å². The van der Waals surface area contributed by atoms with Crippen molar-refractivity contribution in [2.45, 2.75) is 19.8 Å². The minimum atomic E-state index is -1.22. The Bertz CT molecular complexity index is 618. The molecule has 0 radical (unpaired) electrons. The van der Waals surface area contributed by atoms with Crippen LogP contribution >= 0.6 is 0 Å². The summed E-state index contributed by atoms with van der Waals surface area (Å²) < 4.78 is 18.6. The lowest BCUT2D eigenvalue weighted by atomic mass is 10.0. The zero-order valence-electron chi connectivity index (χ0n) is 11.3. The Labute approximate surface area is 116 Å². The SMILES string of the molecule is CC(C)c1ccc(Oc2ccc(F)cc2C(=O)O)cc1. The van der Waals surface area contributed by atoms with Gasteiger partial charge in [-0.3, -0.25) is 0 Å². The molecule has 2 aromatic rings. The molecule has 4 heteroatoms. The standard InChI is InChI=1S/C16H15FO3/c1-10(2)11-3-6-13(7-4-11)20-15-8-5-12(17)9-14(15)16(18)19/h3-10H,1-2H3,(H,18,19). The van der Waals surface area contributed by atoms with Crippen molar-refractivity contribution in [2.75, 3.05) is 0 Å². The van der Waals surface area contributed by atoms with Crippen LogP contribution in [0.2, 0.25) is 0 Å². The van der Waals surface area contributed by atoms with Gasteiger partial charge in [-0.05, 0) is 41.8 Å². The Hall–Kier alpha value is -2.36. The first-order valence-corrected chi connectivity index (χ1v) is 6.28. The van der Waals surface area contributed by atoms with Crippen molar-refractivity contribution in [3.63, 3.8) is 0 Å². The van der Waals surface area contributed by atoms with Gasteiger partial charge in [0.2, 0.25) is 0 Å². The van der Waals surface area contributed by atoms with Crippen molar-refractivity contribution in [1.82, 2.24) is 0 Å². The van der Waals surface area contributed by atoms with E-state index in [1.165, 1.54) is 12.1 Å². The maximum absolute atomic E-state index is 13.1. The summed E-state index contributed by atoms with van der Waals surface area (Å²) in [7, 11) is 0. The molecule has 1 N–H and O–H groups in total. The van der Waals surface area contributed by atoms with Gasteiger partial charge in [-0.2, -0.15) is 0 Å².